The highest BCUT2D eigenvalue weighted by Gasteiger charge is 2.08. The minimum atomic E-state index is -0.726. The summed E-state index contributed by atoms with van der Waals surface area (Å²) in [5, 5.41) is 2.50. The van der Waals surface area contributed by atoms with Gasteiger partial charge in [0.2, 0.25) is 0 Å². The van der Waals surface area contributed by atoms with Crippen LogP contribution in [-0.2, 0) is 4.79 Å². The number of benzene rings is 1. The average Bonchev–Trinajstić information content (AvgIpc) is 2.41. The van der Waals surface area contributed by atoms with Crippen LogP contribution in [-0.4, -0.2) is 17.5 Å². The molecule has 0 bridgehead atoms. The molecule has 1 aromatic heterocycles. The molecule has 0 spiro atoms. The molecule has 0 aliphatic heterocycles. The Hall–Kier alpha value is -2.50. The van der Waals surface area contributed by atoms with Crippen LogP contribution in [0, 0.1) is 11.6 Å². The van der Waals surface area contributed by atoms with Crippen LogP contribution in [0.25, 0.3) is 0 Å². The van der Waals surface area contributed by atoms with Gasteiger partial charge in [-0.3, -0.25) is 9.78 Å². The van der Waals surface area contributed by atoms with E-state index < -0.39 is 24.1 Å². The highest BCUT2D eigenvalue weighted by molar-refractivity contribution is 5.91. The van der Waals surface area contributed by atoms with E-state index in [-0.39, 0.29) is 5.75 Å². The quantitative estimate of drug-likeness (QED) is 0.922. The molecule has 1 heterocycles. The number of anilines is 1. The molecule has 0 unspecified atom stereocenters. The maximum atomic E-state index is 13.2. The third kappa shape index (κ3) is 3.74. The average molecular weight is 264 g/mol. The highest BCUT2D eigenvalue weighted by atomic mass is 19.1. The zero-order valence-corrected chi connectivity index (χ0v) is 9.77. The molecule has 98 valence electrons. The van der Waals surface area contributed by atoms with Gasteiger partial charge in [-0.15, -0.1) is 0 Å². The number of pyridine rings is 1. The third-order valence-corrected chi connectivity index (χ3v) is 2.20. The van der Waals surface area contributed by atoms with Gasteiger partial charge in [-0.2, -0.15) is 0 Å². The first-order chi connectivity index (χ1) is 9.15. The standard InChI is InChI=1S/C13H10F2N2O2/c14-9-3-4-11(15)12(6-9)19-8-13(18)17-10-2-1-5-16-7-10/h1-7H,8H2,(H,17,18). The summed E-state index contributed by atoms with van der Waals surface area (Å²) in [4.78, 5) is 15.3. The fraction of sp³-hybridized carbons (Fsp3) is 0.0769. The molecule has 1 aromatic carbocycles. The van der Waals surface area contributed by atoms with Crippen molar-refractivity contribution in [2.45, 2.75) is 0 Å². The minimum absolute atomic E-state index is 0.304. The predicted molar refractivity (Wildman–Crippen MR) is 64.7 cm³/mol. The molecule has 0 fully saturated rings. The van der Waals surface area contributed by atoms with Gasteiger partial charge in [-0.05, 0) is 24.3 Å². The number of hydrogen-bond acceptors (Lipinski definition) is 3. The van der Waals surface area contributed by atoms with Crippen molar-refractivity contribution in [2.24, 2.45) is 0 Å². The Bertz CT molecular complexity index is 576. The lowest BCUT2D eigenvalue weighted by atomic mass is 10.3. The lowest BCUT2D eigenvalue weighted by Crippen LogP contribution is -2.20. The number of amides is 1. The largest absolute Gasteiger partial charge is 0.481 e. The van der Waals surface area contributed by atoms with Crippen molar-refractivity contribution in [1.29, 1.82) is 0 Å². The van der Waals surface area contributed by atoms with Gasteiger partial charge in [0.05, 0.1) is 11.9 Å². The molecule has 2 rings (SSSR count). The lowest BCUT2D eigenvalue weighted by molar-refractivity contribution is -0.118. The fourth-order valence-corrected chi connectivity index (χ4v) is 1.36. The van der Waals surface area contributed by atoms with Crippen LogP contribution in [0.5, 0.6) is 5.75 Å². The monoisotopic (exact) mass is 264 g/mol. The number of nitrogens with zero attached hydrogens (tertiary/aromatic N) is 1. The summed E-state index contributed by atoms with van der Waals surface area (Å²) >= 11 is 0. The zero-order chi connectivity index (χ0) is 13.7. The van der Waals surface area contributed by atoms with Crippen LogP contribution in [0.15, 0.2) is 42.7 Å². The Balaban J connectivity index is 1.92. The van der Waals surface area contributed by atoms with Crippen LogP contribution in [0.4, 0.5) is 14.5 Å². The van der Waals surface area contributed by atoms with Crippen LogP contribution in [0.1, 0.15) is 0 Å². The van der Waals surface area contributed by atoms with Gasteiger partial charge in [0, 0.05) is 12.3 Å². The van der Waals surface area contributed by atoms with E-state index in [1.165, 1.54) is 6.20 Å². The number of rotatable bonds is 4. The third-order valence-electron chi connectivity index (χ3n) is 2.20. The molecular weight excluding hydrogens is 254 g/mol. The lowest BCUT2D eigenvalue weighted by Gasteiger charge is -2.07. The predicted octanol–water partition coefficient (Wildman–Crippen LogP) is 2.38. The number of hydrogen-bond donors (Lipinski definition) is 1. The SMILES string of the molecule is O=C(COc1cc(F)ccc1F)Nc1cccnc1. The van der Waals surface area contributed by atoms with E-state index in [1.807, 2.05) is 0 Å². The van der Waals surface area contributed by atoms with Crippen LogP contribution in [0.3, 0.4) is 0 Å². The number of halogens is 2. The first kappa shape index (κ1) is 12.9. The Labute approximate surface area is 108 Å². The van der Waals surface area contributed by atoms with E-state index in [0.717, 1.165) is 18.2 Å². The molecule has 4 nitrogen and oxygen atoms in total. The van der Waals surface area contributed by atoms with Crippen LogP contribution >= 0.6 is 0 Å². The number of carbonyl (C=O) groups excluding carboxylic acids is 1. The van der Waals surface area contributed by atoms with Crippen LogP contribution in [0.2, 0.25) is 0 Å². The van der Waals surface area contributed by atoms with Gasteiger partial charge in [0.1, 0.15) is 5.82 Å². The van der Waals surface area contributed by atoms with Gasteiger partial charge in [0.15, 0.2) is 18.2 Å². The molecule has 2 aromatic rings. The van der Waals surface area contributed by atoms with Gasteiger partial charge < -0.3 is 10.1 Å². The molecule has 6 heteroatoms. The summed E-state index contributed by atoms with van der Waals surface area (Å²) in [5.74, 6) is -2.15. The van der Waals surface area contributed by atoms with Gasteiger partial charge >= 0.3 is 0 Å². The first-order valence-electron chi connectivity index (χ1n) is 5.43. The van der Waals surface area contributed by atoms with E-state index in [4.69, 9.17) is 4.74 Å². The highest BCUT2D eigenvalue weighted by Crippen LogP contribution is 2.17. The smallest absolute Gasteiger partial charge is 0.262 e. The fourth-order valence-electron chi connectivity index (χ4n) is 1.36. The van der Waals surface area contributed by atoms with E-state index >= 15 is 0 Å². The van der Waals surface area contributed by atoms with E-state index in [1.54, 1.807) is 18.3 Å². The summed E-state index contributed by atoms with van der Waals surface area (Å²) in [6.07, 6.45) is 3.02. The molecule has 0 aliphatic carbocycles. The van der Waals surface area contributed by atoms with E-state index in [9.17, 15) is 13.6 Å². The Morgan fingerprint density at radius 3 is 2.89 bits per heavy atom. The maximum Gasteiger partial charge on any atom is 0.262 e. The van der Waals surface area contributed by atoms with Crippen LogP contribution < -0.4 is 10.1 Å². The second kappa shape index (κ2) is 5.90. The summed E-state index contributed by atoms with van der Waals surface area (Å²) in [6, 6.07) is 6.09. The van der Waals surface area contributed by atoms with Crippen molar-refractivity contribution in [2.75, 3.05) is 11.9 Å². The molecular formula is C13H10F2N2O2. The molecule has 1 amide bonds. The normalized spacial score (nSPS) is 10.0. The Kier molecular flexibility index (Phi) is 4.02. The summed E-state index contributed by atoms with van der Waals surface area (Å²) in [7, 11) is 0. The second-order valence-corrected chi connectivity index (χ2v) is 3.65. The van der Waals surface area contributed by atoms with Crippen molar-refractivity contribution in [3.63, 3.8) is 0 Å². The summed E-state index contributed by atoms with van der Waals surface area (Å²) in [6.45, 7) is -0.421. The first-order valence-corrected chi connectivity index (χ1v) is 5.43. The van der Waals surface area contributed by atoms with Gasteiger partial charge in [-0.25, -0.2) is 8.78 Å². The van der Waals surface area contributed by atoms with Crippen molar-refractivity contribution in [3.05, 3.63) is 54.4 Å². The number of aromatic nitrogens is 1. The van der Waals surface area contributed by atoms with Crippen molar-refractivity contribution in [3.8, 4) is 5.75 Å². The van der Waals surface area contributed by atoms with Crippen molar-refractivity contribution in [1.82, 2.24) is 4.98 Å². The molecule has 0 atom stereocenters. The summed E-state index contributed by atoms with van der Waals surface area (Å²) in [5.41, 5.74) is 0.496. The van der Waals surface area contributed by atoms with Gasteiger partial charge in [-0.1, -0.05) is 0 Å². The van der Waals surface area contributed by atoms with E-state index in [2.05, 4.69) is 10.3 Å². The zero-order valence-electron chi connectivity index (χ0n) is 9.77. The number of ether oxygens (including phenoxy) is 1. The molecule has 0 saturated heterocycles. The minimum Gasteiger partial charge on any atom is -0.481 e. The van der Waals surface area contributed by atoms with Gasteiger partial charge in [0.25, 0.3) is 5.91 Å². The number of nitrogens with one attached hydrogen (secondary N) is 1. The molecule has 1 N–H and O–H groups in total. The molecule has 0 saturated carbocycles. The summed E-state index contributed by atoms with van der Waals surface area (Å²) < 4.78 is 31.0. The maximum absolute atomic E-state index is 13.2. The Morgan fingerprint density at radius 2 is 2.16 bits per heavy atom. The van der Waals surface area contributed by atoms with E-state index in [0.29, 0.717) is 5.69 Å². The molecule has 0 aliphatic rings. The van der Waals surface area contributed by atoms with Crippen molar-refractivity contribution < 1.29 is 18.3 Å². The number of carbonyl (C=O) groups is 1. The van der Waals surface area contributed by atoms with Crippen molar-refractivity contribution >= 4 is 11.6 Å². The molecule has 0 radical (unpaired) electrons. The molecule has 19 heavy (non-hydrogen) atoms. The second-order valence-electron chi connectivity index (χ2n) is 3.65. The Morgan fingerprint density at radius 1 is 1.32 bits per heavy atom. The topological polar surface area (TPSA) is 51.2 Å².